The molecule has 0 aliphatic carbocycles. The Morgan fingerprint density at radius 1 is 1.36 bits per heavy atom. The Labute approximate surface area is 127 Å². The van der Waals surface area contributed by atoms with Crippen molar-refractivity contribution in [1.82, 2.24) is 5.32 Å². The number of non-ortho nitro benzene ring substituents is 1. The second-order valence-corrected chi connectivity index (χ2v) is 4.92. The van der Waals surface area contributed by atoms with Gasteiger partial charge in [-0.1, -0.05) is 6.07 Å². The van der Waals surface area contributed by atoms with Crippen LogP contribution in [0.3, 0.4) is 0 Å². The molecule has 1 unspecified atom stereocenters. The summed E-state index contributed by atoms with van der Waals surface area (Å²) in [7, 11) is 0. The summed E-state index contributed by atoms with van der Waals surface area (Å²) in [6.07, 6.45) is 3.07. The molecule has 0 radical (unpaired) electrons. The highest BCUT2D eigenvalue weighted by Gasteiger charge is 2.10. The van der Waals surface area contributed by atoms with Crippen LogP contribution in [0.25, 0.3) is 0 Å². The molecule has 0 saturated heterocycles. The maximum atomic E-state index is 11.8. The minimum atomic E-state index is -0.505. The number of hydrogen-bond donors (Lipinski definition) is 2. The zero-order valence-electron chi connectivity index (χ0n) is 12.1. The number of nitrogens with zero attached hydrogens (tertiary/aromatic N) is 1. The molecule has 1 atom stereocenters. The van der Waals surface area contributed by atoms with E-state index in [2.05, 4.69) is 10.6 Å². The van der Waals surface area contributed by atoms with Gasteiger partial charge in [0.05, 0.1) is 11.2 Å². The second-order valence-electron chi connectivity index (χ2n) is 4.92. The van der Waals surface area contributed by atoms with Crippen molar-refractivity contribution in [3.8, 4) is 0 Å². The maximum absolute atomic E-state index is 11.8. The van der Waals surface area contributed by atoms with E-state index in [0.717, 1.165) is 18.6 Å². The number of anilines is 1. The number of urea groups is 1. The molecule has 1 aromatic heterocycles. The van der Waals surface area contributed by atoms with Gasteiger partial charge < -0.3 is 15.1 Å². The van der Waals surface area contributed by atoms with E-state index in [1.165, 1.54) is 18.2 Å². The molecule has 2 rings (SSSR count). The number of hydrogen-bond acceptors (Lipinski definition) is 4. The number of furan rings is 1. The van der Waals surface area contributed by atoms with Gasteiger partial charge in [-0.2, -0.15) is 0 Å². The van der Waals surface area contributed by atoms with Gasteiger partial charge in [0.25, 0.3) is 5.69 Å². The summed E-state index contributed by atoms with van der Waals surface area (Å²) in [6, 6.07) is 9.06. The number of rotatable bonds is 6. The van der Waals surface area contributed by atoms with E-state index in [9.17, 15) is 14.9 Å². The van der Waals surface area contributed by atoms with Crippen molar-refractivity contribution >= 4 is 17.4 Å². The van der Waals surface area contributed by atoms with Crippen LogP contribution in [0, 0.1) is 10.1 Å². The van der Waals surface area contributed by atoms with Gasteiger partial charge in [0.1, 0.15) is 5.76 Å². The first-order valence-corrected chi connectivity index (χ1v) is 6.89. The Bertz CT molecular complexity index is 640. The molecule has 7 heteroatoms. The fraction of sp³-hybridized carbons (Fsp3) is 0.267. The monoisotopic (exact) mass is 303 g/mol. The molecule has 0 aliphatic rings. The highest BCUT2D eigenvalue weighted by atomic mass is 16.6. The smallest absolute Gasteiger partial charge is 0.319 e. The predicted molar refractivity (Wildman–Crippen MR) is 81.7 cm³/mol. The number of nitro groups is 1. The average molecular weight is 303 g/mol. The molecular formula is C15H17N3O4. The zero-order valence-corrected chi connectivity index (χ0v) is 12.1. The zero-order chi connectivity index (χ0) is 15.9. The Hall–Kier alpha value is -2.83. The van der Waals surface area contributed by atoms with Crippen molar-refractivity contribution in [2.75, 3.05) is 5.32 Å². The quantitative estimate of drug-likeness (QED) is 0.631. The number of amides is 2. The van der Waals surface area contributed by atoms with E-state index in [4.69, 9.17) is 4.42 Å². The molecular weight excluding hydrogens is 286 g/mol. The van der Waals surface area contributed by atoms with E-state index in [-0.39, 0.29) is 11.7 Å². The average Bonchev–Trinajstić information content (AvgIpc) is 2.98. The number of nitrogens with one attached hydrogen (secondary N) is 2. The van der Waals surface area contributed by atoms with Gasteiger partial charge in [0.15, 0.2) is 0 Å². The Kier molecular flexibility index (Phi) is 5.13. The SMILES string of the molecule is CC(CCc1ccco1)NC(=O)Nc1cccc([N+](=O)[O-])c1. The van der Waals surface area contributed by atoms with Crippen LogP contribution < -0.4 is 10.6 Å². The molecule has 2 aromatic rings. The molecule has 0 aliphatic heterocycles. The Morgan fingerprint density at radius 3 is 2.86 bits per heavy atom. The van der Waals surface area contributed by atoms with E-state index in [0.29, 0.717) is 5.69 Å². The predicted octanol–water partition coefficient (Wildman–Crippen LogP) is 3.33. The van der Waals surface area contributed by atoms with Gasteiger partial charge in [-0.15, -0.1) is 0 Å². The highest BCUT2D eigenvalue weighted by Crippen LogP contribution is 2.16. The summed E-state index contributed by atoms with van der Waals surface area (Å²) in [5, 5.41) is 16.0. The molecule has 0 spiro atoms. The van der Waals surface area contributed by atoms with Crippen LogP contribution in [-0.2, 0) is 6.42 Å². The van der Waals surface area contributed by atoms with Gasteiger partial charge in [-0.25, -0.2) is 4.79 Å². The maximum Gasteiger partial charge on any atom is 0.319 e. The Morgan fingerprint density at radius 2 is 2.18 bits per heavy atom. The summed E-state index contributed by atoms with van der Waals surface area (Å²) < 4.78 is 5.23. The minimum Gasteiger partial charge on any atom is -0.469 e. The van der Waals surface area contributed by atoms with E-state index < -0.39 is 11.0 Å². The third-order valence-electron chi connectivity index (χ3n) is 3.10. The lowest BCUT2D eigenvalue weighted by Crippen LogP contribution is -2.36. The summed E-state index contributed by atoms with van der Waals surface area (Å²) >= 11 is 0. The molecule has 1 heterocycles. The van der Waals surface area contributed by atoms with Crippen molar-refractivity contribution in [3.05, 3.63) is 58.5 Å². The van der Waals surface area contributed by atoms with Gasteiger partial charge in [-0.3, -0.25) is 10.1 Å². The minimum absolute atomic E-state index is 0.0520. The number of carbonyl (C=O) groups excluding carboxylic acids is 1. The number of nitro benzene ring substituents is 1. The van der Waals surface area contributed by atoms with E-state index in [1.54, 1.807) is 12.3 Å². The van der Waals surface area contributed by atoms with Crippen molar-refractivity contribution in [2.45, 2.75) is 25.8 Å². The third kappa shape index (κ3) is 4.62. The molecule has 116 valence electrons. The van der Waals surface area contributed by atoms with Crippen LogP contribution in [0.15, 0.2) is 47.1 Å². The molecule has 1 aromatic carbocycles. The van der Waals surface area contributed by atoms with Crippen LogP contribution in [0.1, 0.15) is 19.1 Å². The number of benzene rings is 1. The lowest BCUT2D eigenvalue weighted by molar-refractivity contribution is -0.384. The molecule has 0 fully saturated rings. The van der Waals surface area contributed by atoms with Gasteiger partial charge in [0.2, 0.25) is 0 Å². The number of aryl methyl sites for hydroxylation is 1. The highest BCUT2D eigenvalue weighted by molar-refractivity contribution is 5.89. The van der Waals surface area contributed by atoms with Gasteiger partial charge >= 0.3 is 6.03 Å². The summed E-state index contributed by atoms with van der Waals surface area (Å²) in [5.41, 5.74) is 0.314. The summed E-state index contributed by atoms with van der Waals surface area (Å²) in [5.74, 6) is 0.868. The standard InChI is InChI=1S/C15H17N3O4/c1-11(7-8-14-6-3-9-22-14)16-15(19)17-12-4-2-5-13(10-12)18(20)21/h2-6,9-11H,7-8H2,1H3,(H2,16,17,19). The molecule has 7 nitrogen and oxygen atoms in total. The molecule has 2 amide bonds. The summed E-state index contributed by atoms with van der Waals surface area (Å²) in [4.78, 5) is 22.0. The molecule has 0 saturated carbocycles. The van der Waals surface area contributed by atoms with Crippen LogP contribution in [0.2, 0.25) is 0 Å². The lowest BCUT2D eigenvalue weighted by Gasteiger charge is -2.14. The third-order valence-corrected chi connectivity index (χ3v) is 3.10. The topological polar surface area (TPSA) is 97.4 Å². The first-order chi connectivity index (χ1) is 10.5. The first-order valence-electron chi connectivity index (χ1n) is 6.89. The van der Waals surface area contributed by atoms with Crippen LogP contribution in [0.4, 0.5) is 16.2 Å². The fourth-order valence-electron chi connectivity index (χ4n) is 1.97. The Balaban J connectivity index is 1.81. The van der Waals surface area contributed by atoms with Crippen LogP contribution in [0.5, 0.6) is 0 Å². The lowest BCUT2D eigenvalue weighted by atomic mass is 10.1. The van der Waals surface area contributed by atoms with E-state index in [1.807, 2.05) is 19.1 Å². The van der Waals surface area contributed by atoms with Gasteiger partial charge in [0, 0.05) is 30.3 Å². The van der Waals surface area contributed by atoms with Crippen molar-refractivity contribution in [2.24, 2.45) is 0 Å². The van der Waals surface area contributed by atoms with Crippen LogP contribution in [-0.4, -0.2) is 17.0 Å². The van der Waals surface area contributed by atoms with E-state index >= 15 is 0 Å². The summed E-state index contributed by atoms with van der Waals surface area (Å²) in [6.45, 7) is 1.88. The fourth-order valence-corrected chi connectivity index (χ4v) is 1.97. The molecule has 0 bridgehead atoms. The second kappa shape index (κ2) is 7.26. The number of carbonyl (C=O) groups is 1. The molecule has 22 heavy (non-hydrogen) atoms. The normalized spacial score (nSPS) is 11.7. The van der Waals surface area contributed by atoms with Crippen molar-refractivity contribution in [3.63, 3.8) is 0 Å². The molecule has 2 N–H and O–H groups in total. The van der Waals surface area contributed by atoms with Crippen molar-refractivity contribution in [1.29, 1.82) is 0 Å². The van der Waals surface area contributed by atoms with Gasteiger partial charge in [-0.05, 0) is 31.5 Å². The first kappa shape index (κ1) is 15.6. The van der Waals surface area contributed by atoms with Crippen molar-refractivity contribution < 1.29 is 14.1 Å². The van der Waals surface area contributed by atoms with Crippen LogP contribution >= 0.6 is 0 Å². The largest absolute Gasteiger partial charge is 0.469 e.